The van der Waals surface area contributed by atoms with Crippen LogP contribution in [0.15, 0.2) is 6.07 Å². The molecule has 2 heterocycles. The monoisotopic (exact) mass is 399 g/mol. The van der Waals surface area contributed by atoms with Crippen LogP contribution < -0.4 is 5.32 Å². The summed E-state index contributed by atoms with van der Waals surface area (Å²) >= 11 is 0. The molecule has 2 aromatic rings. The van der Waals surface area contributed by atoms with E-state index in [9.17, 15) is 14.7 Å². The molecule has 0 unspecified atom stereocenters. The molecule has 0 atom stereocenters. The minimum Gasteiger partial charge on any atom is -0.480 e. The quantitative estimate of drug-likeness (QED) is 0.800. The Bertz CT molecular complexity index is 922. The molecule has 0 spiro atoms. The summed E-state index contributed by atoms with van der Waals surface area (Å²) in [6, 6.07) is 1.89. The Morgan fingerprint density at radius 1 is 1.17 bits per heavy atom. The molecule has 0 aromatic carbocycles. The molecule has 1 saturated carbocycles. The first kappa shape index (κ1) is 21.0. The first-order chi connectivity index (χ1) is 13.6. The largest absolute Gasteiger partial charge is 0.480 e. The molecule has 8 heteroatoms. The molecule has 0 saturated heterocycles. The van der Waals surface area contributed by atoms with E-state index in [4.69, 9.17) is 0 Å². The van der Waals surface area contributed by atoms with E-state index in [1.807, 2.05) is 33.8 Å². The minimum absolute atomic E-state index is 0.0764. The number of carboxylic acids is 1. The molecular weight excluding hydrogens is 370 g/mol. The number of hydrogen-bond acceptors (Lipinski definition) is 5. The molecule has 156 valence electrons. The number of carbonyl (C=O) groups excluding carboxylic acids is 1. The van der Waals surface area contributed by atoms with Gasteiger partial charge in [-0.15, -0.1) is 0 Å². The second-order valence-corrected chi connectivity index (χ2v) is 8.31. The van der Waals surface area contributed by atoms with Crippen molar-refractivity contribution in [1.29, 1.82) is 0 Å². The fourth-order valence-electron chi connectivity index (χ4n) is 4.05. The number of nitrogens with one attached hydrogen (secondary N) is 1. The summed E-state index contributed by atoms with van der Waals surface area (Å²) < 4.78 is 1.65. The van der Waals surface area contributed by atoms with Crippen LogP contribution >= 0.6 is 0 Å². The van der Waals surface area contributed by atoms with Gasteiger partial charge in [0, 0.05) is 22.6 Å². The Labute approximate surface area is 170 Å². The summed E-state index contributed by atoms with van der Waals surface area (Å²) in [4.78, 5) is 33.6. The van der Waals surface area contributed by atoms with E-state index in [2.05, 4.69) is 27.3 Å². The summed E-state index contributed by atoms with van der Waals surface area (Å²) in [5.41, 5.74) is 2.78. The number of rotatable bonds is 5. The van der Waals surface area contributed by atoms with Crippen LogP contribution in [0.5, 0.6) is 0 Å². The van der Waals surface area contributed by atoms with Crippen LogP contribution in [0.4, 0.5) is 0 Å². The fourth-order valence-corrected chi connectivity index (χ4v) is 4.05. The van der Waals surface area contributed by atoms with Gasteiger partial charge in [-0.2, -0.15) is 5.10 Å². The van der Waals surface area contributed by atoms with Gasteiger partial charge in [0.15, 0.2) is 0 Å². The molecule has 1 aliphatic rings. The number of carboxylic acid groups (broad SMARTS) is 1. The molecule has 2 aromatic heterocycles. The predicted octanol–water partition coefficient (Wildman–Crippen LogP) is 2.59. The fraction of sp³-hybridized carbons (Fsp3) is 0.571. The minimum atomic E-state index is -1.17. The third-order valence-corrected chi connectivity index (χ3v) is 5.85. The van der Waals surface area contributed by atoms with Gasteiger partial charge in [-0.3, -0.25) is 4.79 Å². The predicted molar refractivity (Wildman–Crippen MR) is 108 cm³/mol. The summed E-state index contributed by atoms with van der Waals surface area (Å²) in [6.07, 6.45) is 2.60. The van der Waals surface area contributed by atoms with Gasteiger partial charge < -0.3 is 10.4 Å². The molecule has 1 amide bonds. The lowest BCUT2D eigenvalue weighted by atomic mass is 9.77. The number of carbonyl (C=O) groups is 2. The first-order valence-electron chi connectivity index (χ1n) is 10.0. The highest BCUT2D eigenvalue weighted by Gasteiger charge is 2.42. The molecule has 29 heavy (non-hydrogen) atoms. The van der Waals surface area contributed by atoms with Gasteiger partial charge in [-0.05, 0) is 65.4 Å². The van der Waals surface area contributed by atoms with Gasteiger partial charge in [0.2, 0.25) is 5.91 Å². The Balaban J connectivity index is 1.82. The number of amides is 1. The van der Waals surface area contributed by atoms with Crippen LogP contribution in [-0.4, -0.2) is 42.3 Å². The standard InChI is InChI=1S/C21H29N5O3/c1-12-6-8-21(9-7-12,19(28)29)24-18(27)11-17-15(4)25-26(16(17)5)20-22-13(2)10-14(3)23-20/h10,12H,6-9,11H2,1-5H3,(H,24,27)(H,28,29). The molecule has 1 aliphatic carbocycles. The van der Waals surface area contributed by atoms with E-state index in [0.29, 0.717) is 30.4 Å². The summed E-state index contributed by atoms with van der Waals surface area (Å²) in [7, 11) is 0. The van der Waals surface area contributed by atoms with Crippen molar-refractivity contribution in [2.24, 2.45) is 5.92 Å². The zero-order valence-corrected chi connectivity index (χ0v) is 17.7. The lowest BCUT2D eigenvalue weighted by Crippen LogP contribution is -2.56. The van der Waals surface area contributed by atoms with Crippen molar-refractivity contribution in [3.8, 4) is 5.95 Å². The van der Waals surface area contributed by atoms with E-state index < -0.39 is 11.5 Å². The number of nitrogens with zero attached hydrogens (tertiary/aromatic N) is 4. The number of hydrogen-bond donors (Lipinski definition) is 2. The van der Waals surface area contributed by atoms with Crippen molar-refractivity contribution in [2.45, 2.75) is 72.3 Å². The molecule has 0 radical (unpaired) electrons. The van der Waals surface area contributed by atoms with Crippen LogP contribution in [-0.2, 0) is 16.0 Å². The molecule has 0 aliphatic heterocycles. The van der Waals surface area contributed by atoms with Crippen LogP contribution in [0, 0.1) is 33.6 Å². The summed E-state index contributed by atoms with van der Waals surface area (Å²) in [5, 5.41) is 17.1. The second-order valence-electron chi connectivity index (χ2n) is 8.31. The summed E-state index contributed by atoms with van der Waals surface area (Å²) in [6.45, 7) is 9.62. The van der Waals surface area contributed by atoms with Crippen molar-refractivity contribution in [1.82, 2.24) is 25.1 Å². The second kappa shape index (κ2) is 7.93. The zero-order valence-electron chi connectivity index (χ0n) is 17.7. The van der Waals surface area contributed by atoms with E-state index >= 15 is 0 Å². The lowest BCUT2D eigenvalue weighted by Gasteiger charge is -2.36. The lowest BCUT2D eigenvalue weighted by molar-refractivity contribution is -0.149. The Kier molecular flexibility index (Phi) is 5.73. The van der Waals surface area contributed by atoms with E-state index in [0.717, 1.165) is 35.5 Å². The topological polar surface area (TPSA) is 110 Å². The highest BCUT2D eigenvalue weighted by molar-refractivity contribution is 5.88. The van der Waals surface area contributed by atoms with Crippen molar-refractivity contribution in [3.63, 3.8) is 0 Å². The average Bonchev–Trinajstić information content (AvgIpc) is 2.91. The molecule has 0 bridgehead atoms. The Morgan fingerprint density at radius 3 is 2.31 bits per heavy atom. The Morgan fingerprint density at radius 2 is 1.76 bits per heavy atom. The van der Waals surface area contributed by atoms with Gasteiger partial charge >= 0.3 is 5.97 Å². The highest BCUT2D eigenvalue weighted by atomic mass is 16.4. The smallest absolute Gasteiger partial charge is 0.329 e. The van der Waals surface area contributed by atoms with Crippen molar-refractivity contribution in [3.05, 3.63) is 34.4 Å². The van der Waals surface area contributed by atoms with Gasteiger partial charge in [-0.25, -0.2) is 19.4 Å². The number of aromatic nitrogens is 4. The normalized spacial score (nSPS) is 21.8. The van der Waals surface area contributed by atoms with Crippen LogP contribution in [0.2, 0.25) is 0 Å². The SMILES string of the molecule is Cc1cc(C)nc(-n2nc(C)c(CC(=O)NC3(C(=O)O)CCC(C)CC3)c2C)n1. The van der Waals surface area contributed by atoms with Crippen LogP contribution in [0.1, 0.15) is 60.9 Å². The van der Waals surface area contributed by atoms with Gasteiger partial charge in [-0.1, -0.05) is 6.92 Å². The van der Waals surface area contributed by atoms with Crippen LogP contribution in [0.3, 0.4) is 0 Å². The average molecular weight is 399 g/mol. The summed E-state index contributed by atoms with van der Waals surface area (Å²) in [5.74, 6) is -0.294. The van der Waals surface area contributed by atoms with E-state index in [-0.39, 0.29) is 12.3 Å². The van der Waals surface area contributed by atoms with Crippen molar-refractivity contribution in [2.75, 3.05) is 0 Å². The third kappa shape index (κ3) is 4.31. The Hall–Kier alpha value is -2.77. The van der Waals surface area contributed by atoms with E-state index in [1.54, 1.807) is 4.68 Å². The molecule has 1 fully saturated rings. The van der Waals surface area contributed by atoms with Gasteiger partial charge in [0.25, 0.3) is 5.95 Å². The zero-order chi connectivity index (χ0) is 21.3. The molecule has 3 rings (SSSR count). The first-order valence-corrected chi connectivity index (χ1v) is 10.0. The molecule has 8 nitrogen and oxygen atoms in total. The maximum Gasteiger partial charge on any atom is 0.329 e. The molecule has 2 N–H and O–H groups in total. The van der Waals surface area contributed by atoms with Gasteiger partial charge in [0.05, 0.1) is 12.1 Å². The number of aliphatic carboxylic acids is 1. The third-order valence-electron chi connectivity index (χ3n) is 5.85. The van der Waals surface area contributed by atoms with Crippen molar-refractivity contribution < 1.29 is 14.7 Å². The maximum atomic E-state index is 12.8. The van der Waals surface area contributed by atoms with Crippen molar-refractivity contribution >= 4 is 11.9 Å². The highest BCUT2D eigenvalue weighted by Crippen LogP contribution is 2.32. The maximum absolute atomic E-state index is 12.8. The van der Waals surface area contributed by atoms with Crippen LogP contribution in [0.25, 0.3) is 5.95 Å². The van der Waals surface area contributed by atoms with Gasteiger partial charge in [0.1, 0.15) is 5.54 Å². The van der Waals surface area contributed by atoms with E-state index in [1.165, 1.54) is 0 Å². The number of aryl methyl sites for hydroxylation is 3. The molecular formula is C21H29N5O3.